The number of carboxylic acids is 1. The highest BCUT2D eigenvalue weighted by Gasteiger charge is 2.51. The van der Waals surface area contributed by atoms with Gasteiger partial charge in [-0.1, -0.05) is 12.1 Å². The Bertz CT molecular complexity index is 556. The second-order valence-electron chi connectivity index (χ2n) is 5.61. The first kappa shape index (κ1) is 13.1. The number of halogens is 1. The minimum atomic E-state index is -0.898. The van der Waals surface area contributed by atoms with Crippen molar-refractivity contribution in [2.75, 3.05) is 0 Å². The van der Waals surface area contributed by atoms with Crippen LogP contribution in [0.2, 0.25) is 0 Å². The number of carboxylic acid groups (broad SMARTS) is 1. The van der Waals surface area contributed by atoms with E-state index in [-0.39, 0.29) is 23.7 Å². The second kappa shape index (κ2) is 4.89. The lowest BCUT2D eigenvalue weighted by Crippen LogP contribution is -2.34. The molecule has 2 atom stereocenters. The molecule has 0 spiro atoms. The standard InChI is InChI=1S/C15H16FNO3/c16-10-3-1-2-9(6-10)8-17(11-4-5-11)14(18)12-7-13(12)15(19)20/h1-3,6,11-13H,4-5,7-8H2,(H,19,20)/t12-,13-/m1/s1. The monoisotopic (exact) mass is 277 g/mol. The van der Waals surface area contributed by atoms with Crippen molar-refractivity contribution in [2.24, 2.45) is 11.8 Å². The molecular formula is C15H16FNO3. The van der Waals surface area contributed by atoms with E-state index < -0.39 is 11.9 Å². The molecule has 0 unspecified atom stereocenters. The molecule has 0 saturated heterocycles. The molecule has 0 heterocycles. The minimum Gasteiger partial charge on any atom is -0.481 e. The Morgan fingerprint density at radius 3 is 2.60 bits per heavy atom. The first-order valence-corrected chi connectivity index (χ1v) is 6.84. The number of nitrogens with zero attached hydrogens (tertiary/aromatic N) is 1. The zero-order chi connectivity index (χ0) is 14.3. The molecule has 2 aliphatic rings. The van der Waals surface area contributed by atoms with Crippen molar-refractivity contribution in [3.05, 3.63) is 35.6 Å². The molecular weight excluding hydrogens is 261 g/mol. The lowest BCUT2D eigenvalue weighted by Gasteiger charge is -2.22. The Morgan fingerprint density at radius 2 is 2.05 bits per heavy atom. The van der Waals surface area contributed by atoms with Crippen LogP contribution in [0.1, 0.15) is 24.8 Å². The third kappa shape index (κ3) is 2.66. The van der Waals surface area contributed by atoms with Gasteiger partial charge in [0.25, 0.3) is 0 Å². The summed E-state index contributed by atoms with van der Waals surface area (Å²) in [6.07, 6.45) is 2.33. The van der Waals surface area contributed by atoms with Crippen LogP contribution in [0, 0.1) is 17.7 Å². The Kier molecular flexibility index (Phi) is 3.20. The van der Waals surface area contributed by atoms with Gasteiger partial charge in [0.2, 0.25) is 5.91 Å². The number of hydrogen-bond acceptors (Lipinski definition) is 2. The number of aliphatic carboxylic acids is 1. The second-order valence-corrected chi connectivity index (χ2v) is 5.61. The number of benzene rings is 1. The van der Waals surface area contributed by atoms with E-state index in [9.17, 15) is 14.0 Å². The van der Waals surface area contributed by atoms with Gasteiger partial charge in [-0.3, -0.25) is 9.59 Å². The highest BCUT2D eigenvalue weighted by atomic mass is 19.1. The van der Waals surface area contributed by atoms with Gasteiger partial charge in [-0.2, -0.15) is 0 Å². The predicted octanol–water partition coefficient (Wildman–Crippen LogP) is 2.04. The van der Waals surface area contributed by atoms with E-state index in [0.717, 1.165) is 18.4 Å². The largest absolute Gasteiger partial charge is 0.481 e. The van der Waals surface area contributed by atoms with E-state index in [1.807, 2.05) is 0 Å². The third-order valence-corrected chi connectivity index (χ3v) is 3.94. The van der Waals surface area contributed by atoms with Crippen molar-refractivity contribution in [2.45, 2.75) is 31.8 Å². The molecule has 0 aromatic heterocycles. The molecule has 20 heavy (non-hydrogen) atoms. The van der Waals surface area contributed by atoms with Gasteiger partial charge in [-0.15, -0.1) is 0 Å². The Morgan fingerprint density at radius 1 is 1.30 bits per heavy atom. The molecule has 106 valence electrons. The maximum atomic E-state index is 13.2. The fourth-order valence-electron chi connectivity index (χ4n) is 2.56. The summed E-state index contributed by atoms with van der Waals surface area (Å²) in [6.45, 7) is 0.365. The molecule has 1 aromatic carbocycles. The highest BCUT2D eigenvalue weighted by molar-refractivity contribution is 5.89. The lowest BCUT2D eigenvalue weighted by molar-refractivity contribution is -0.142. The average molecular weight is 277 g/mol. The predicted molar refractivity (Wildman–Crippen MR) is 69.2 cm³/mol. The molecule has 2 fully saturated rings. The van der Waals surface area contributed by atoms with Crippen molar-refractivity contribution in [3.63, 3.8) is 0 Å². The highest BCUT2D eigenvalue weighted by Crippen LogP contribution is 2.42. The van der Waals surface area contributed by atoms with Gasteiger partial charge in [-0.25, -0.2) is 4.39 Å². The molecule has 0 radical (unpaired) electrons. The maximum absolute atomic E-state index is 13.2. The normalized spacial score (nSPS) is 24.2. The maximum Gasteiger partial charge on any atom is 0.307 e. The Balaban J connectivity index is 1.70. The molecule has 2 saturated carbocycles. The van der Waals surface area contributed by atoms with Gasteiger partial charge in [0, 0.05) is 12.6 Å². The number of hydrogen-bond donors (Lipinski definition) is 1. The summed E-state index contributed by atoms with van der Waals surface area (Å²) in [5.41, 5.74) is 0.748. The van der Waals surface area contributed by atoms with Crippen molar-refractivity contribution >= 4 is 11.9 Å². The van der Waals surface area contributed by atoms with Crippen LogP contribution in [0.25, 0.3) is 0 Å². The number of carbonyl (C=O) groups excluding carboxylic acids is 1. The Hall–Kier alpha value is -1.91. The van der Waals surface area contributed by atoms with Crippen LogP contribution in [-0.2, 0) is 16.1 Å². The van der Waals surface area contributed by atoms with Gasteiger partial charge in [0.1, 0.15) is 5.82 Å². The summed E-state index contributed by atoms with van der Waals surface area (Å²) in [5, 5.41) is 8.91. The van der Waals surface area contributed by atoms with Gasteiger partial charge < -0.3 is 10.0 Å². The summed E-state index contributed by atoms with van der Waals surface area (Å²) in [6, 6.07) is 6.39. The van der Waals surface area contributed by atoms with E-state index in [1.54, 1.807) is 17.0 Å². The number of carbonyl (C=O) groups is 2. The first-order chi connectivity index (χ1) is 9.56. The van der Waals surface area contributed by atoms with Crippen molar-refractivity contribution in [1.29, 1.82) is 0 Å². The van der Waals surface area contributed by atoms with Crippen LogP contribution in [0.4, 0.5) is 4.39 Å². The van der Waals surface area contributed by atoms with Gasteiger partial charge in [0.05, 0.1) is 11.8 Å². The smallest absolute Gasteiger partial charge is 0.307 e. The summed E-state index contributed by atoms with van der Waals surface area (Å²) >= 11 is 0. The molecule has 1 N–H and O–H groups in total. The van der Waals surface area contributed by atoms with Crippen molar-refractivity contribution in [1.82, 2.24) is 4.90 Å². The molecule has 3 rings (SSSR count). The summed E-state index contributed by atoms with van der Waals surface area (Å²) in [5.74, 6) is -2.23. The van der Waals surface area contributed by atoms with Crippen LogP contribution in [0.15, 0.2) is 24.3 Å². The van der Waals surface area contributed by atoms with E-state index in [0.29, 0.717) is 13.0 Å². The Labute approximate surface area is 116 Å². The third-order valence-electron chi connectivity index (χ3n) is 3.94. The summed E-state index contributed by atoms with van der Waals surface area (Å²) in [4.78, 5) is 25.0. The summed E-state index contributed by atoms with van der Waals surface area (Å²) in [7, 11) is 0. The quantitative estimate of drug-likeness (QED) is 0.896. The minimum absolute atomic E-state index is 0.0934. The van der Waals surface area contributed by atoms with Crippen molar-refractivity contribution < 1.29 is 19.1 Å². The van der Waals surface area contributed by atoms with Gasteiger partial charge in [0.15, 0.2) is 0 Å². The fourth-order valence-corrected chi connectivity index (χ4v) is 2.56. The molecule has 5 heteroatoms. The lowest BCUT2D eigenvalue weighted by atomic mass is 10.2. The molecule has 1 amide bonds. The zero-order valence-electron chi connectivity index (χ0n) is 11.0. The zero-order valence-corrected chi connectivity index (χ0v) is 11.0. The molecule has 4 nitrogen and oxygen atoms in total. The number of rotatable bonds is 5. The SMILES string of the molecule is O=C(O)[C@@H]1C[C@H]1C(=O)N(Cc1cccc(F)c1)C1CC1. The molecule has 0 bridgehead atoms. The molecule has 0 aliphatic heterocycles. The van der Waals surface area contributed by atoms with Gasteiger partial charge >= 0.3 is 5.97 Å². The van der Waals surface area contributed by atoms with E-state index in [2.05, 4.69) is 0 Å². The van der Waals surface area contributed by atoms with Crippen LogP contribution in [-0.4, -0.2) is 27.9 Å². The van der Waals surface area contributed by atoms with E-state index in [4.69, 9.17) is 5.11 Å². The van der Waals surface area contributed by atoms with Crippen LogP contribution in [0.5, 0.6) is 0 Å². The van der Waals surface area contributed by atoms with Gasteiger partial charge in [-0.05, 0) is 37.0 Å². The van der Waals surface area contributed by atoms with Crippen LogP contribution in [0.3, 0.4) is 0 Å². The molecule has 1 aromatic rings. The topological polar surface area (TPSA) is 57.6 Å². The summed E-state index contributed by atoms with van der Waals surface area (Å²) < 4.78 is 13.2. The van der Waals surface area contributed by atoms with E-state index >= 15 is 0 Å². The number of amides is 1. The van der Waals surface area contributed by atoms with E-state index in [1.165, 1.54) is 12.1 Å². The van der Waals surface area contributed by atoms with Crippen LogP contribution >= 0.6 is 0 Å². The molecule has 2 aliphatic carbocycles. The van der Waals surface area contributed by atoms with Crippen molar-refractivity contribution in [3.8, 4) is 0 Å². The average Bonchev–Trinajstić information content (AvgIpc) is 3.28. The van der Waals surface area contributed by atoms with Crippen LogP contribution < -0.4 is 0 Å². The first-order valence-electron chi connectivity index (χ1n) is 6.84. The fraction of sp³-hybridized carbons (Fsp3) is 0.467.